The molecule has 2 aliphatic heterocycles. The normalized spacial score (nSPS) is 18.2. The zero-order valence-electron chi connectivity index (χ0n) is 19.0. The number of rotatable bonds is 5. The molecule has 2 fully saturated rings. The second kappa shape index (κ2) is 10.2. The smallest absolute Gasteiger partial charge is 0.317 e. The Balaban J connectivity index is 1.34. The molecule has 0 aliphatic carbocycles. The molecular weight excluding hydrogens is 466 g/mol. The second-order valence-corrected chi connectivity index (χ2v) is 10.3. The maximum atomic E-state index is 14.0. The lowest BCUT2D eigenvalue weighted by molar-refractivity contribution is 0.172. The minimum atomic E-state index is -4.20. The van der Waals surface area contributed by atoms with Crippen molar-refractivity contribution in [3.8, 4) is 0 Å². The van der Waals surface area contributed by atoms with Gasteiger partial charge >= 0.3 is 6.03 Å². The lowest BCUT2D eigenvalue weighted by atomic mass is 10.2. The summed E-state index contributed by atoms with van der Waals surface area (Å²) < 4.78 is 54.0. The molecule has 2 aliphatic rings. The number of urea groups is 1. The summed E-state index contributed by atoms with van der Waals surface area (Å²) in [4.78, 5) is 22.5. The molecule has 184 valence electrons. The van der Waals surface area contributed by atoms with Crippen molar-refractivity contribution >= 4 is 21.9 Å². The minimum absolute atomic E-state index is 0.00878. The molecule has 0 spiro atoms. The maximum Gasteiger partial charge on any atom is 0.317 e. The zero-order valence-corrected chi connectivity index (χ0v) is 19.8. The molecule has 34 heavy (non-hydrogen) atoms. The summed E-state index contributed by atoms with van der Waals surface area (Å²) in [6.45, 7) is 4.15. The second-order valence-electron chi connectivity index (χ2n) is 8.40. The fourth-order valence-corrected chi connectivity index (χ4v) is 5.60. The van der Waals surface area contributed by atoms with Gasteiger partial charge in [-0.15, -0.1) is 0 Å². The first-order valence-corrected chi connectivity index (χ1v) is 12.5. The Morgan fingerprint density at radius 2 is 1.74 bits per heavy atom. The Morgan fingerprint density at radius 3 is 2.44 bits per heavy atom. The van der Waals surface area contributed by atoms with Crippen LogP contribution in [0.25, 0.3) is 0 Å². The number of carbonyl (C=O) groups is 1. The fraction of sp³-hybridized carbons (Fsp3) is 0.455. The van der Waals surface area contributed by atoms with Crippen molar-refractivity contribution in [3.63, 3.8) is 0 Å². The van der Waals surface area contributed by atoms with Gasteiger partial charge in [-0.05, 0) is 31.3 Å². The van der Waals surface area contributed by atoms with E-state index in [0.29, 0.717) is 12.6 Å². The number of hydrogen-bond acceptors (Lipinski definition) is 6. The van der Waals surface area contributed by atoms with Crippen LogP contribution in [0.4, 0.5) is 19.4 Å². The molecule has 0 radical (unpaired) electrons. The molecule has 0 atom stereocenters. The summed E-state index contributed by atoms with van der Waals surface area (Å²) in [7, 11) is -2.12. The summed E-state index contributed by atoms with van der Waals surface area (Å²) in [6.07, 6.45) is 1.74. The molecule has 4 rings (SSSR count). The highest BCUT2D eigenvalue weighted by atomic mass is 32.2. The van der Waals surface area contributed by atoms with Gasteiger partial charge in [0.2, 0.25) is 10.0 Å². The number of aromatic nitrogens is 1. The number of benzene rings is 1. The third-order valence-corrected chi connectivity index (χ3v) is 8.05. The first-order chi connectivity index (χ1) is 16.3. The molecule has 1 aromatic heterocycles. The van der Waals surface area contributed by atoms with Gasteiger partial charge in [-0.25, -0.2) is 27.0 Å². The van der Waals surface area contributed by atoms with Gasteiger partial charge in [-0.3, -0.25) is 0 Å². The zero-order chi connectivity index (χ0) is 24.3. The highest BCUT2D eigenvalue weighted by molar-refractivity contribution is 7.89. The van der Waals surface area contributed by atoms with Crippen LogP contribution in [-0.4, -0.2) is 92.9 Å². The standard InChI is InChI=1S/C22H28F2N6O3S/c1-27-7-9-28(10-8-27)21-17(3-2-6-25-21)16-26-22(31)29-11-13-30(14-12-29)34(32,33)20-15-18(23)4-5-19(20)24/h2-6,15H,7-14,16H2,1H3,(H,26,31). The van der Waals surface area contributed by atoms with E-state index in [9.17, 15) is 22.0 Å². The molecule has 2 amide bonds. The maximum absolute atomic E-state index is 14.0. The molecule has 1 N–H and O–H groups in total. The largest absolute Gasteiger partial charge is 0.354 e. The van der Waals surface area contributed by atoms with Crippen molar-refractivity contribution in [1.29, 1.82) is 0 Å². The third kappa shape index (κ3) is 5.29. The van der Waals surface area contributed by atoms with Crippen LogP contribution in [-0.2, 0) is 16.6 Å². The number of sulfonamides is 1. The molecule has 9 nitrogen and oxygen atoms in total. The molecule has 12 heteroatoms. The van der Waals surface area contributed by atoms with Gasteiger partial charge in [0.1, 0.15) is 22.3 Å². The highest BCUT2D eigenvalue weighted by Crippen LogP contribution is 2.22. The van der Waals surface area contributed by atoms with Crippen LogP contribution >= 0.6 is 0 Å². The van der Waals surface area contributed by atoms with Gasteiger partial charge in [-0.2, -0.15) is 4.31 Å². The summed E-state index contributed by atoms with van der Waals surface area (Å²) in [5, 5.41) is 2.89. The van der Waals surface area contributed by atoms with Crippen LogP contribution < -0.4 is 10.2 Å². The van der Waals surface area contributed by atoms with Gasteiger partial charge in [0.15, 0.2) is 0 Å². The molecule has 0 bridgehead atoms. The van der Waals surface area contributed by atoms with Crippen molar-refractivity contribution in [2.75, 3.05) is 64.3 Å². The van der Waals surface area contributed by atoms with Crippen molar-refractivity contribution in [2.24, 2.45) is 0 Å². The van der Waals surface area contributed by atoms with Crippen molar-refractivity contribution in [3.05, 3.63) is 53.7 Å². The Labute approximate surface area is 198 Å². The Hall–Kier alpha value is -2.83. The molecule has 1 aromatic carbocycles. The number of nitrogens with one attached hydrogen (secondary N) is 1. The summed E-state index contributed by atoms with van der Waals surface area (Å²) >= 11 is 0. The summed E-state index contributed by atoms with van der Waals surface area (Å²) in [5.74, 6) is -0.984. The van der Waals surface area contributed by atoms with E-state index in [1.165, 1.54) is 4.90 Å². The number of halogens is 2. The fourth-order valence-electron chi connectivity index (χ4n) is 4.10. The molecule has 0 saturated carbocycles. The first-order valence-electron chi connectivity index (χ1n) is 11.1. The quantitative estimate of drug-likeness (QED) is 0.675. The number of carbonyl (C=O) groups excluding carboxylic acids is 1. The van der Waals surface area contributed by atoms with Gasteiger partial charge in [0.05, 0.1) is 0 Å². The van der Waals surface area contributed by atoms with E-state index in [2.05, 4.69) is 27.1 Å². The third-order valence-electron chi connectivity index (χ3n) is 6.14. The molecule has 2 saturated heterocycles. The lowest BCUT2D eigenvalue weighted by Gasteiger charge is -2.35. The predicted molar refractivity (Wildman–Crippen MR) is 123 cm³/mol. The average Bonchev–Trinajstić information content (AvgIpc) is 2.85. The number of pyridine rings is 1. The summed E-state index contributed by atoms with van der Waals surface area (Å²) in [6, 6.07) is 5.78. The SMILES string of the molecule is CN1CCN(c2ncccc2CNC(=O)N2CCN(S(=O)(=O)c3cc(F)ccc3F)CC2)CC1. The highest BCUT2D eigenvalue weighted by Gasteiger charge is 2.32. The van der Waals surface area contributed by atoms with E-state index in [1.54, 1.807) is 6.20 Å². The predicted octanol–water partition coefficient (Wildman–Crippen LogP) is 1.33. The Bertz CT molecular complexity index is 1130. The molecule has 3 heterocycles. The number of nitrogens with zero attached hydrogens (tertiary/aromatic N) is 5. The van der Waals surface area contributed by atoms with Gasteiger partial charge in [0, 0.05) is 70.7 Å². The van der Waals surface area contributed by atoms with Crippen LogP contribution in [0.1, 0.15) is 5.56 Å². The van der Waals surface area contributed by atoms with Crippen LogP contribution in [0.3, 0.4) is 0 Å². The molecular formula is C22H28F2N6O3S. The average molecular weight is 495 g/mol. The van der Waals surface area contributed by atoms with E-state index in [1.807, 2.05) is 12.1 Å². The number of piperazine rings is 2. The monoisotopic (exact) mass is 494 g/mol. The van der Waals surface area contributed by atoms with Crippen LogP contribution in [0.5, 0.6) is 0 Å². The van der Waals surface area contributed by atoms with E-state index in [-0.39, 0.29) is 32.2 Å². The van der Waals surface area contributed by atoms with E-state index in [0.717, 1.165) is 54.0 Å². The minimum Gasteiger partial charge on any atom is -0.354 e. The number of amides is 2. The van der Waals surface area contributed by atoms with Crippen molar-refractivity contribution < 1.29 is 22.0 Å². The van der Waals surface area contributed by atoms with Crippen molar-refractivity contribution in [2.45, 2.75) is 11.4 Å². The number of likely N-dealkylation sites (N-methyl/N-ethyl adjacent to an activating group) is 1. The topological polar surface area (TPSA) is 89.1 Å². The number of hydrogen-bond donors (Lipinski definition) is 1. The summed E-state index contributed by atoms with van der Waals surface area (Å²) in [5.41, 5.74) is 0.906. The van der Waals surface area contributed by atoms with E-state index >= 15 is 0 Å². The van der Waals surface area contributed by atoms with Gasteiger partial charge in [-0.1, -0.05) is 6.07 Å². The van der Waals surface area contributed by atoms with Crippen LogP contribution in [0, 0.1) is 11.6 Å². The first kappa shape index (κ1) is 24.3. The van der Waals surface area contributed by atoms with Gasteiger partial charge < -0.3 is 20.0 Å². The van der Waals surface area contributed by atoms with Crippen molar-refractivity contribution in [1.82, 2.24) is 24.4 Å². The lowest BCUT2D eigenvalue weighted by Crippen LogP contribution is -2.53. The van der Waals surface area contributed by atoms with Crippen LogP contribution in [0.2, 0.25) is 0 Å². The van der Waals surface area contributed by atoms with Gasteiger partial charge in [0.25, 0.3) is 0 Å². The number of anilines is 1. The van der Waals surface area contributed by atoms with Crippen LogP contribution in [0.15, 0.2) is 41.4 Å². The Morgan fingerprint density at radius 1 is 1.03 bits per heavy atom. The molecule has 2 aromatic rings. The Kier molecular flexibility index (Phi) is 7.29. The molecule has 0 unspecified atom stereocenters. The van der Waals surface area contributed by atoms with E-state index in [4.69, 9.17) is 0 Å². The van der Waals surface area contributed by atoms with E-state index < -0.39 is 26.6 Å².